The van der Waals surface area contributed by atoms with Gasteiger partial charge in [-0.1, -0.05) is 13.8 Å². The summed E-state index contributed by atoms with van der Waals surface area (Å²) in [4.78, 5) is 70.9. The minimum absolute atomic E-state index is 0.0787. The van der Waals surface area contributed by atoms with Gasteiger partial charge in [-0.05, 0) is 18.8 Å². The number of carbonyl (C=O) groups is 6. The van der Waals surface area contributed by atoms with Crippen LogP contribution in [0.25, 0.3) is 0 Å². The van der Waals surface area contributed by atoms with Crippen molar-refractivity contribution in [3.05, 3.63) is 0 Å². The van der Waals surface area contributed by atoms with Gasteiger partial charge >= 0.3 is 5.97 Å². The van der Waals surface area contributed by atoms with Crippen LogP contribution in [0.15, 0.2) is 0 Å². The Balaban J connectivity index is 5.49. The smallest absolute Gasteiger partial charge is 0.326 e. The lowest BCUT2D eigenvalue weighted by Gasteiger charge is -2.25. The zero-order chi connectivity index (χ0) is 25.0. The average Bonchev–Trinajstić information content (AvgIpc) is 2.67. The molecule has 0 aliphatic heterocycles. The topological polar surface area (TPSA) is 257 Å². The summed E-state index contributed by atoms with van der Waals surface area (Å²) in [5.41, 5.74) is 15.6. The van der Waals surface area contributed by atoms with Gasteiger partial charge in [-0.2, -0.15) is 0 Å². The maximum Gasteiger partial charge on any atom is 0.326 e. The molecule has 0 fully saturated rings. The molecular formula is C18H32N6O8. The first-order chi connectivity index (χ1) is 14.8. The number of nitrogens with two attached hydrogens (primary N) is 3. The monoisotopic (exact) mass is 460 g/mol. The van der Waals surface area contributed by atoms with Gasteiger partial charge in [0.1, 0.15) is 24.2 Å². The summed E-state index contributed by atoms with van der Waals surface area (Å²) >= 11 is 0. The number of primary amides is 2. The van der Waals surface area contributed by atoms with Gasteiger partial charge in [-0.15, -0.1) is 0 Å². The first kappa shape index (κ1) is 28.7. The molecule has 0 saturated carbocycles. The molecular weight excluding hydrogens is 428 g/mol. The number of hydrogen-bond acceptors (Lipinski definition) is 8. The summed E-state index contributed by atoms with van der Waals surface area (Å²) in [6.07, 6.45) is -1.15. The van der Waals surface area contributed by atoms with Gasteiger partial charge in [-0.25, -0.2) is 4.79 Å². The van der Waals surface area contributed by atoms with Crippen LogP contribution in [0.5, 0.6) is 0 Å². The zero-order valence-corrected chi connectivity index (χ0v) is 18.0. The third kappa shape index (κ3) is 11.2. The van der Waals surface area contributed by atoms with E-state index >= 15 is 0 Å². The fourth-order valence-electron chi connectivity index (χ4n) is 2.56. The Labute approximate surface area is 184 Å². The second-order valence-electron chi connectivity index (χ2n) is 7.62. The van der Waals surface area contributed by atoms with E-state index in [2.05, 4.69) is 16.0 Å². The van der Waals surface area contributed by atoms with Crippen LogP contribution in [0.1, 0.15) is 39.5 Å². The molecule has 0 aromatic carbocycles. The van der Waals surface area contributed by atoms with Crippen molar-refractivity contribution in [3.8, 4) is 0 Å². The molecule has 4 unspecified atom stereocenters. The average molecular weight is 460 g/mol. The highest BCUT2D eigenvalue weighted by Crippen LogP contribution is 2.07. The molecule has 0 aliphatic rings. The fourth-order valence-corrected chi connectivity index (χ4v) is 2.56. The molecule has 0 aromatic rings. The Kier molecular flexibility index (Phi) is 12.5. The molecule has 0 aliphatic carbocycles. The van der Waals surface area contributed by atoms with E-state index in [1.807, 2.05) is 0 Å². The lowest BCUT2D eigenvalue weighted by molar-refractivity contribution is -0.142. The van der Waals surface area contributed by atoms with Gasteiger partial charge in [0.15, 0.2) is 0 Å². The van der Waals surface area contributed by atoms with E-state index in [-0.39, 0.29) is 25.2 Å². The molecule has 32 heavy (non-hydrogen) atoms. The lowest BCUT2D eigenvalue weighted by Crippen LogP contribution is -2.58. The third-order valence-electron chi connectivity index (χ3n) is 4.21. The third-order valence-corrected chi connectivity index (χ3v) is 4.21. The zero-order valence-electron chi connectivity index (χ0n) is 18.0. The second-order valence-corrected chi connectivity index (χ2v) is 7.62. The molecule has 11 N–H and O–H groups in total. The standard InChI is InChI=1S/C18H32N6O8/c1-8(2)5-11(23-15(28)9(19)7-25)16(29)24-12(6-14(21)27)17(30)22-10(18(31)32)3-4-13(20)26/h8-12,25H,3-7,19H2,1-2H3,(H2,20,26)(H2,21,27)(H,22,30)(H,23,28)(H,24,29)(H,31,32). The molecule has 0 rings (SSSR count). The van der Waals surface area contributed by atoms with Crippen molar-refractivity contribution in [3.63, 3.8) is 0 Å². The molecule has 5 amide bonds. The summed E-state index contributed by atoms with van der Waals surface area (Å²) < 4.78 is 0. The van der Waals surface area contributed by atoms with E-state index in [9.17, 15) is 33.9 Å². The molecule has 182 valence electrons. The number of rotatable bonds is 15. The quantitative estimate of drug-likeness (QED) is 0.118. The van der Waals surface area contributed by atoms with Crippen molar-refractivity contribution in [2.24, 2.45) is 23.1 Å². The van der Waals surface area contributed by atoms with Gasteiger partial charge in [-0.3, -0.25) is 24.0 Å². The SMILES string of the molecule is CC(C)CC(NC(=O)C(N)CO)C(=O)NC(CC(N)=O)C(=O)NC(CCC(N)=O)C(=O)O. The maximum atomic E-state index is 12.7. The van der Waals surface area contributed by atoms with E-state index in [0.717, 1.165) is 0 Å². The Bertz CT molecular complexity index is 714. The largest absolute Gasteiger partial charge is 0.480 e. The number of aliphatic carboxylic acids is 1. The summed E-state index contributed by atoms with van der Waals surface area (Å²) in [6, 6.07) is -5.48. The number of amides is 5. The lowest BCUT2D eigenvalue weighted by atomic mass is 10.0. The molecule has 14 heteroatoms. The van der Waals surface area contributed by atoms with Crippen LogP contribution in [0, 0.1) is 5.92 Å². The van der Waals surface area contributed by atoms with Crippen molar-refractivity contribution in [1.82, 2.24) is 16.0 Å². The highest BCUT2D eigenvalue weighted by Gasteiger charge is 2.31. The molecule has 0 bridgehead atoms. The highest BCUT2D eigenvalue weighted by atomic mass is 16.4. The van der Waals surface area contributed by atoms with Crippen molar-refractivity contribution >= 4 is 35.5 Å². The first-order valence-electron chi connectivity index (χ1n) is 9.85. The van der Waals surface area contributed by atoms with E-state index in [1.54, 1.807) is 13.8 Å². The minimum atomic E-state index is -1.55. The van der Waals surface area contributed by atoms with Crippen molar-refractivity contribution in [2.45, 2.75) is 63.7 Å². The molecule has 14 nitrogen and oxygen atoms in total. The minimum Gasteiger partial charge on any atom is -0.480 e. The number of carboxylic acids is 1. The van der Waals surface area contributed by atoms with Crippen LogP contribution in [-0.2, 0) is 28.8 Å². The first-order valence-corrected chi connectivity index (χ1v) is 9.85. The second kappa shape index (κ2) is 13.9. The van der Waals surface area contributed by atoms with Crippen molar-refractivity contribution in [1.29, 1.82) is 0 Å². The molecule has 0 spiro atoms. The normalized spacial score (nSPS) is 14.5. The molecule has 0 heterocycles. The molecule has 0 saturated heterocycles. The van der Waals surface area contributed by atoms with E-state index in [1.165, 1.54) is 0 Å². The van der Waals surface area contributed by atoms with Crippen LogP contribution in [-0.4, -0.2) is 76.5 Å². The van der Waals surface area contributed by atoms with Crippen LogP contribution < -0.4 is 33.2 Å². The van der Waals surface area contributed by atoms with E-state index in [0.29, 0.717) is 0 Å². The van der Waals surface area contributed by atoms with Gasteiger partial charge < -0.3 is 43.4 Å². The highest BCUT2D eigenvalue weighted by molar-refractivity contribution is 5.96. The summed E-state index contributed by atoms with van der Waals surface area (Å²) in [5, 5.41) is 25.0. The summed E-state index contributed by atoms with van der Waals surface area (Å²) in [7, 11) is 0. The maximum absolute atomic E-state index is 12.7. The van der Waals surface area contributed by atoms with Crippen LogP contribution in [0.4, 0.5) is 0 Å². The predicted molar refractivity (Wildman–Crippen MR) is 110 cm³/mol. The number of aliphatic hydroxyl groups excluding tert-OH is 1. The number of carbonyl (C=O) groups excluding carboxylic acids is 5. The molecule has 4 atom stereocenters. The van der Waals surface area contributed by atoms with Gasteiger partial charge in [0.2, 0.25) is 29.5 Å². The number of aliphatic hydroxyl groups is 1. The number of carboxylic acid groups (broad SMARTS) is 1. The van der Waals surface area contributed by atoms with Crippen molar-refractivity contribution < 1.29 is 39.0 Å². The number of hydrogen-bond donors (Lipinski definition) is 8. The van der Waals surface area contributed by atoms with Crippen molar-refractivity contribution in [2.75, 3.05) is 6.61 Å². The Morgan fingerprint density at radius 1 is 0.812 bits per heavy atom. The van der Waals surface area contributed by atoms with E-state index in [4.69, 9.17) is 22.3 Å². The fraction of sp³-hybridized carbons (Fsp3) is 0.667. The Morgan fingerprint density at radius 2 is 1.31 bits per heavy atom. The van der Waals surface area contributed by atoms with Crippen LogP contribution in [0.2, 0.25) is 0 Å². The summed E-state index contributed by atoms with van der Waals surface area (Å²) in [6.45, 7) is 2.88. The Hall–Kier alpha value is -3.26. The van der Waals surface area contributed by atoms with E-state index < -0.39 is 72.7 Å². The predicted octanol–water partition coefficient (Wildman–Crippen LogP) is -3.97. The van der Waals surface area contributed by atoms with Gasteiger partial charge in [0.25, 0.3) is 0 Å². The van der Waals surface area contributed by atoms with Crippen LogP contribution in [0.3, 0.4) is 0 Å². The van der Waals surface area contributed by atoms with Gasteiger partial charge in [0.05, 0.1) is 13.0 Å². The van der Waals surface area contributed by atoms with Gasteiger partial charge in [0, 0.05) is 6.42 Å². The molecule has 0 aromatic heterocycles. The Morgan fingerprint density at radius 3 is 1.75 bits per heavy atom. The molecule has 0 radical (unpaired) electrons. The number of nitrogens with one attached hydrogen (secondary N) is 3. The summed E-state index contributed by atoms with van der Waals surface area (Å²) in [5.74, 6) is -5.95. The van der Waals surface area contributed by atoms with Crippen LogP contribution >= 0.6 is 0 Å².